The Hall–Kier alpha value is -2.32. The van der Waals surface area contributed by atoms with Gasteiger partial charge in [0.2, 0.25) is 0 Å². The van der Waals surface area contributed by atoms with E-state index in [0.29, 0.717) is 11.4 Å². The van der Waals surface area contributed by atoms with Crippen LogP contribution in [0, 0.1) is 0 Å². The molecule has 0 amide bonds. The third-order valence-electron chi connectivity index (χ3n) is 3.37. The van der Waals surface area contributed by atoms with E-state index in [2.05, 4.69) is 15.5 Å². The zero-order valence-electron chi connectivity index (χ0n) is 12.6. The zero-order valence-corrected chi connectivity index (χ0v) is 14.1. The third kappa shape index (κ3) is 3.40. The lowest BCUT2D eigenvalue weighted by atomic mass is 10.1. The molecule has 3 aromatic rings. The topological polar surface area (TPSA) is 52.8 Å². The van der Waals surface area contributed by atoms with Crippen molar-refractivity contribution >= 4 is 23.2 Å². The van der Waals surface area contributed by atoms with Gasteiger partial charge in [0.05, 0.1) is 28.4 Å². The van der Waals surface area contributed by atoms with Crippen molar-refractivity contribution in [2.24, 2.45) is 0 Å². The number of tetrazole rings is 1. The number of aromatic nitrogens is 4. The summed E-state index contributed by atoms with van der Waals surface area (Å²) in [7, 11) is 1.42. The number of ether oxygens (including phenoxy) is 1. The molecular weight excluding hydrogens is 380 g/mol. The maximum absolute atomic E-state index is 12.9. The Morgan fingerprint density at radius 2 is 1.84 bits per heavy atom. The molecule has 5 nitrogen and oxygen atoms in total. The molecule has 0 aliphatic heterocycles. The van der Waals surface area contributed by atoms with Gasteiger partial charge in [-0.25, -0.2) is 0 Å². The minimum absolute atomic E-state index is 0.0948. The molecule has 1 aromatic heterocycles. The number of methoxy groups -OCH3 is 1. The van der Waals surface area contributed by atoms with Gasteiger partial charge in [0.15, 0.2) is 5.82 Å². The van der Waals surface area contributed by atoms with E-state index in [0.717, 1.165) is 12.1 Å². The average Bonchev–Trinajstić information content (AvgIpc) is 3.04. The van der Waals surface area contributed by atoms with Gasteiger partial charge in [0.25, 0.3) is 0 Å². The number of hydrogen-bond donors (Lipinski definition) is 0. The van der Waals surface area contributed by atoms with E-state index in [1.165, 1.54) is 36.1 Å². The fourth-order valence-electron chi connectivity index (χ4n) is 2.20. The first-order valence-corrected chi connectivity index (χ1v) is 7.56. The van der Waals surface area contributed by atoms with Crippen molar-refractivity contribution in [3.05, 3.63) is 52.0 Å². The van der Waals surface area contributed by atoms with Gasteiger partial charge in [0, 0.05) is 11.6 Å². The van der Waals surface area contributed by atoms with Crippen LogP contribution in [-0.4, -0.2) is 27.3 Å². The predicted molar refractivity (Wildman–Crippen MR) is 86.2 cm³/mol. The SMILES string of the molecule is COc1cc(-n2nnnc2-c2cccc(C(F)(F)F)c2)c(Cl)cc1Cl. The summed E-state index contributed by atoms with van der Waals surface area (Å²) in [5.41, 5.74) is -0.301. The first kappa shape index (κ1) is 17.5. The molecule has 0 aliphatic carbocycles. The standard InChI is InChI=1S/C15H9Cl2F3N4O/c1-25-13-7-12(10(16)6-11(13)17)24-14(21-22-23-24)8-3-2-4-9(5-8)15(18,19)20/h2-7H,1H3. The first-order valence-electron chi connectivity index (χ1n) is 6.80. The molecule has 0 aliphatic rings. The maximum Gasteiger partial charge on any atom is 0.416 e. The normalized spacial score (nSPS) is 11.6. The van der Waals surface area contributed by atoms with Gasteiger partial charge < -0.3 is 4.74 Å². The fourth-order valence-corrected chi connectivity index (χ4v) is 2.74. The Bertz CT molecular complexity index is 927. The van der Waals surface area contributed by atoms with Crippen LogP contribution in [0.2, 0.25) is 10.0 Å². The molecule has 0 bridgehead atoms. The molecule has 0 N–H and O–H groups in total. The van der Waals surface area contributed by atoms with E-state index in [-0.39, 0.29) is 21.4 Å². The van der Waals surface area contributed by atoms with E-state index >= 15 is 0 Å². The number of benzene rings is 2. The van der Waals surface area contributed by atoms with Crippen molar-refractivity contribution in [2.45, 2.75) is 6.18 Å². The number of alkyl halides is 3. The lowest BCUT2D eigenvalue weighted by molar-refractivity contribution is -0.137. The fraction of sp³-hybridized carbons (Fsp3) is 0.133. The molecule has 2 aromatic carbocycles. The second kappa shape index (κ2) is 6.53. The van der Waals surface area contributed by atoms with Crippen molar-refractivity contribution in [3.63, 3.8) is 0 Å². The number of rotatable bonds is 3. The van der Waals surface area contributed by atoms with Crippen molar-refractivity contribution in [2.75, 3.05) is 7.11 Å². The largest absolute Gasteiger partial charge is 0.495 e. The van der Waals surface area contributed by atoms with Crippen molar-refractivity contribution < 1.29 is 17.9 Å². The van der Waals surface area contributed by atoms with Gasteiger partial charge >= 0.3 is 6.18 Å². The Kier molecular flexibility index (Phi) is 4.57. The number of halogens is 5. The lowest BCUT2D eigenvalue weighted by Crippen LogP contribution is -2.06. The van der Waals surface area contributed by atoms with Crippen LogP contribution in [0.1, 0.15) is 5.56 Å². The van der Waals surface area contributed by atoms with Crippen LogP contribution in [0.4, 0.5) is 13.2 Å². The van der Waals surface area contributed by atoms with Gasteiger partial charge in [-0.3, -0.25) is 0 Å². The summed E-state index contributed by atoms with van der Waals surface area (Å²) >= 11 is 12.2. The quantitative estimate of drug-likeness (QED) is 0.654. The highest BCUT2D eigenvalue weighted by Gasteiger charge is 2.31. The highest BCUT2D eigenvalue weighted by Crippen LogP contribution is 2.35. The summed E-state index contributed by atoms with van der Waals surface area (Å²) in [6.07, 6.45) is -4.48. The molecule has 0 radical (unpaired) electrons. The van der Waals surface area contributed by atoms with Crippen molar-refractivity contribution in [3.8, 4) is 22.8 Å². The van der Waals surface area contributed by atoms with Crippen LogP contribution in [-0.2, 0) is 6.18 Å². The summed E-state index contributed by atoms with van der Waals surface area (Å²) in [5, 5.41) is 11.7. The predicted octanol–water partition coefficient (Wildman–Crippen LogP) is 4.66. The van der Waals surface area contributed by atoms with E-state index in [4.69, 9.17) is 27.9 Å². The smallest absolute Gasteiger partial charge is 0.416 e. The van der Waals surface area contributed by atoms with Crippen LogP contribution in [0.3, 0.4) is 0 Å². The van der Waals surface area contributed by atoms with Gasteiger partial charge in [0.1, 0.15) is 5.75 Å². The van der Waals surface area contributed by atoms with Gasteiger partial charge in [-0.15, -0.1) is 5.10 Å². The van der Waals surface area contributed by atoms with Crippen molar-refractivity contribution in [1.29, 1.82) is 0 Å². The summed E-state index contributed by atoms with van der Waals surface area (Å²) in [6, 6.07) is 7.62. The number of hydrogen-bond acceptors (Lipinski definition) is 4. The van der Waals surface area contributed by atoms with Crippen LogP contribution >= 0.6 is 23.2 Å². The summed E-state index contributed by atoms with van der Waals surface area (Å²) in [4.78, 5) is 0. The summed E-state index contributed by atoms with van der Waals surface area (Å²) < 4.78 is 45.1. The highest BCUT2D eigenvalue weighted by molar-refractivity contribution is 6.36. The van der Waals surface area contributed by atoms with E-state index in [1.54, 1.807) is 0 Å². The monoisotopic (exact) mass is 388 g/mol. The minimum atomic E-state index is -4.48. The van der Waals surface area contributed by atoms with Crippen molar-refractivity contribution in [1.82, 2.24) is 20.2 Å². The summed E-state index contributed by atoms with van der Waals surface area (Å²) in [6.45, 7) is 0. The molecule has 0 fully saturated rings. The van der Waals surface area contributed by atoms with Crippen LogP contribution in [0.5, 0.6) is 5.75 Å². The van der Waals surface area contributed by atoms with E-state index in [1.807, 2.05) is 0 Å². The average molecular weight is 389 g/mol. The molecule has 3 rings (SSSR count). The van der Waals surface area contributed by atoms with Gasteiger partial charge in [-0.1, -0.05) is 35.3 Å². The molecule has 0 atom stereocenters. The molecule has 130 valence electrons. The second-order valence-electron chi connectivity index (χ2n) is 4.93. The Morgan fingerprint density at radius 1 is 1.08 bits per heavy atom. The Labute approximate surface area is 149 Å². The molecule has 0 unspecified atom stereocenters. The van der Waals surface area contributed by atoms with Gasteiger partial charge in [-0.2, -0.15) is 17.9 Å². The Balaban J connectivity index is 2.14. The third-order valence-corrected chi connectivity index (χ3v) is 3.97. The minimum Gasteiger partial charge on any atom is -0.495 e. The molecule has 0 saturated carbocycles. The zero-order chi connectivity index (χ0) is 18.2. The van der Waals surface area contributed by atoms with Crippen LogP contribution in [0.25, 0.3) is 17.1 Å². The molecule has 0 spiro atoms. The molecule has 10 heteroatoms. The Morgan fingerprint density at radius 3 is 2.52 bits per heavy atom. The molecule has 25 heavy (non-hydrogen) atoms. The maximum atomic E-state index is 12.9. The van der Waals surface area contributed by atoms with Crippen LogP contribution in [0.15, 0.2) is 36.4 Å². The lowest BCUT2D eigenvalue weighted by Gasteiger charge is -2.11. The number of nitrogens with zero attached hydrogens (tertiary/aromatic N) is 4. The van der Waals surface area contributed by atoms with Gasteiger partial charge in [-0.05, 0) is 28.6 Å². The molecule has 1 heterocycles. The first-order chi connectivity index (χ1) is 11.8. The van der Waals surface area contributed by atoms with E-state index < -0.39 is 11.7 Å². The highest BCUT2D eigenvalue weighted by atomic mass is 35.5. The molecule has 0 saturated heterocycles. The summed E-state index contributed by atoms with van der Waals surface area (Å²) in [5.74, 6) is 0.420. The van der Waals surface area contributed by atoms with Crippen LogP contribution < -0.4 is 4.74 Å². The second-order valence-corrected chi connectivity index (χ2v) is 5.75. The van der Waals surface area contributed by atoms with E-state index in [9.17, 15) is 13.2 Å². The molecular formula is C15H9Cl2F3N4O.